The summed E-state index contributed by atoms with van der Waals surface area (Å²) in [5.74, 6) is -0.168. The zero-order valence-electron chi connectivity index (χ0n) is 12.1. The van der Waals surface area contributed by atoms with Crippen LogP contribution >= 0.6 is 11.6 Å². The first-order valence-corrected chi connectivity index (χ1v) is 7.15. The van der Waals surface area contributed by atoms with Crippen LogP contribution in [0.3, 0.4) is 0 Å². The van der Waals surface area contributed by atoms with Crippen LogP contribution in [0.1, 0.15) is 5.69 Å². The highest BCUT2D eigenvalue weighted by molar-refractivity contribution is 6.33. The molecule has 0 saturated heterocycles. The highest BCUT2D eigenvalue weighted by atomic mass is 35.5. The van der Waals surface area contributed by atoms with Crippen molar-refractivity contribution in [3.63, 3.8) is 0 Å². The molecule has 0 aliphatic carbocycles. The Labute approximate surface area is 141 Å². The van der Waals surface area contributed by atoms with Crippen LogP contribution in [0.5, 0.6) is 5.95 Å². The maximum absolute atomic E-state index is 10.8. The minimum atomic E-state index is -0.545. The molecule has 1 N–H and O–H groups in total. The molecule has 0 aliphatic rings. The molecule has 0 atom stereocenters. The SMILES string of the molecule is O=[N+]([O-])c1ccc(Cl)c(N=Cc2nc(-c3ccccc3)oc2O)c1. The van der Waals surface area contributed by atoms with Crippen molar-refractivity contribution in [1.82, 2.24) is 4.98 Å². The molecule has 3 aromatic rings. The normalized spacial score (nSPS) is 11.0. The van der Waals surface area contributed by atoms with Crippen LogP contribution in [0.25, 0.3) is 11.5 Å². The summed E-state index contributed by atoms with van der Waals surface area (Å²) in [7, 11) is 0. The van der Waals surface area contributed by atoms with Crippen molar-refractivity contribution in [3.8, 4) is 17.4 Å². The number of nitrogens with zero attached hydrogens (tertiary/aromatic N) is 3. The van der Waals surface area contributed by atoms with E-state index in [-0.39, 0.29) is 28.0 Å². The molecule has 1 aromatic heterocycles. The van der Waals surface area contributed by atoms with Crippen molar-refractivity contribution in [2.24, 2.45) is 4.99 Å². The Kier molecular flexibility index (Phi) is 4.26. The molecular weight excluding hydrogens is 334 g/mol. The summed E-state index contributed by atoms with van der Waals surface area (Å²) in [6, 6.07) is 12.9. The van der Waals surface area contributed by atoms with Gasteiger partial charge in [-0.2, -0.15) is 0 Å². The molecule has 8 heteroatoms. The van der Waals surface area contributed by atoms with Gasteiger partial charge in [0.1, 0.15) is 0 Å². The Morgan fingerprint density at radius 2 is 2.00 bits per heavy atom. The number of hydrogen-bond donors (Lipinski definition) is 1. The van der Waals surface area contributed by atoms with E-state index in [2.05, 4.69) is 9.98 Å². The first-order valence-electron chi connectivity index (χ1n) is 6.78. The number of nitro groups is 1. The minimum absolute atomic E-state index is 0.0939. The number of aromatic hydroxyl groups is 1. The van der Waals surface area contributed by atoms with Gasteiger partial charge in [0.15, 0.2) is 5.69 Å². The summed E-state index contributed by atoms with van der Waals surface area (Å²) in [4.78, 5) is 18.4. The van der Waals surface area contributed by atoms with Gasteiger partial charge < -0.3 is 9.52 Å². The van der Waals surface area contributed by atoms with Crippen molar-refractivity contribution in [1.29, 1.82) is 0 Å². The highest BCUT2D eigenvalue weighted by Crippen LogP contribution is 2.30. The zero-order valence-corrected chi connectivity index (χ0v) is 12.8. The van der Waals surface area contributed by atoms with Crippen LogP contribution in [0.2, 0.25) is 5.02 Å². The van der Waals surface area contributed by atoms with Gasteiger partial charge in [-0.1, -0.05) is 29.8 Å². The van der Waals surface area contributed by atoms with E-state index in [1.54, 1.807) is 12.1 Å². The largest absolute Gasteiger partial charge is 0.479 e. The van der Waals surface area contributed by atoms with Crippen molar-refractivity contribution in [2.75, 3.05) is 0 Å². The van der Waals surface area contributed by atoms with Gasteiger partial charge in [0.2, 0.25) is 5.89 Å². The third kappa shape index (κ3) is 3.26. The standard InChI is InChI=1S/C16H10ClN3O4/c17-12-7-6-11(20(22)23)8-13(12)18-9-14-16(21)24-15(19-14)10-4-2-1-3-5-10/h1-9,21H. The maximum Gasteiger partial charge on any atom is 0.312 e. The molecule has 0 saturated carbocycles. The molecule has 0 bridgehead atoms. The molecule has 120 valence electrons. The molecular formula is C16H10ClN3O4. The quantitative estimate of drug-likeness (QED) is 0.430. The second kappa shape index (κ2) is 6.51. The molecule has 0 spiro atoms. The molecule has 0 aliphatic heterocycles. The van der Waals surface area contributed by atoms with Crippen LogP contribution in [-0.4, -0.2) is 21.2 Å². The fraction of sp³-hybridized carbons (Fsp3) is 0. The Hall–Kier alpha value is -3.19. The van der Waals surface area contributed by atoms with Crippen LogP contribution in [0.4, 0.5) is 11.4 Å². The van der Waals surface area contributed by atoms with Gasteiger partial charge in [0, 0.05) is 17.7 Å². The monoisotopic (exact) mass is 343 g/mol. The van der Waals surface area contributed by atoms with E-state index in [4.69, 9.17) is 16.0 Å². The first-order chi connectivity index (χ1) is 11.5. The topological polar surface area (TPSA) is 102 Å². The van der Waals surface area contributed by atoms with E-state index in [0.717, 1.165) is 0 Å². The van der Waals surface area contributed by atoms with E-state index in [9.17, 15) is 15.2 Å². The Morgan fingerprint density at radius 1 is 1.25 bits per heavy atom. The molecule has 2 aromatic carbocycles. The summed E-state index contributed by atoms with van der Waals surface area (Å²) in [5.41, 5.74) is 0.840. The second-order valence-electron chi connectivity index (χ2n) is 4.73. The van der Waals surface area contributed by atoms with Crippen molar-refractivity contribution in [2.45, 2.75) is 0 Å². The Morgan fingerprint density at radius 3 is 2.71 bits per heavy atom. The molecule has 0 amide bonds. The molecule has 24 heavy (non-hydrogen) atoms. The van der Waals surface area contributed by atoms with Crippen LogP contribution in [0.15, 0.2) is 57.9 Å². The van der Waals surface area contributed by atoms with Gasteiger partial charge in [0.25, 0.3) is 5.69 Å². The van der Waals surface area contributed by atoms with E-state index in [0.29, 0.717) is 5.56 Å². The Balaban J connectivity index is 1.92. The van der Waals surface area contributed by atoms with E-state index >= 15 is 0 Å². The number of hydrogen-bond acceptors (Lipinski definition) is 6. The second-order valence-corrected chi connectivity index (χ2v) is 5.13. The predicted molar refractivity (Wildman–Crippen MR) is 89.0 cm³/mol. The molecule has 0 unspecified atom stereocenters. The maximum atomic E-state index is 10.8. The third-order valence-electron chi connectivity index (χ3n) is 3.12. The first kappa shape index (κ1) is 15.7. The predicted octanol–water partition coefficient (Wildman–Crippen LogP) is 4.36. The molecule has 1 heterocycles. The fourth-order valence-electron chi connectivity index (χ4n) is 1.96. The van der Waals surface area contributed by atoms with Crippen LogP contribution in [0, 0.1) is 10.1 Å². The van der Waals surface area contributed by atoms with Gasteiger partial charge in [-0.25, -0.2) is 4.98 Å². The zero-order chi connectivity index (χ0) is 17.1. The van der Waals surface area contributed by atoms with Gasteiger partial charge in [-0.3, -0.25) is 15.1 Å². The lowest BCUT2D eigenvalue weighted by atomic mass is 10.2. The minimum Gasteiger partial charge on any atom is -0.479 e. The fourth-order valence-corrected chi connectivity index (χ4v) is 2.12. The van der Waals surface area contributed by atoms with Crippen molar-refractivity contribution in [3.05, 3.63) is 69.4 Å². The number of halogens is 1. The molecule has 0 fully saturated rings. The average Bonchev–Trinajstić information content (AvgIpc) is 2.95. The summed E-state index contributed by atoms with van der Waals surface area (Å²) < 4.78 is 5.19. The number of aromatic nitrogens is 1. The van der Waals surface area contributed by atoms with Crippen LogP contribution < -0.4 is 0 Å². The van der Waals surface area contributed by atoms with Gasteiger partial charge in [-0.15, -0.1) is 0 Å². The lowest BCUT2D eigenvalue weighted by molar-refractivity contribution is -0.384. The summed E-state index contributed by atoms with van der Waals surface area (Å²) >= 11 is 5.97. The molecule has 3 rings (SSSR count). The van der Waals surface area contributed by atoms with Gasteiger partial charge in [-0.05, 0) is 18.2 Å². The molecule has 0 radical (unpaired) electrons. The lowest BCUT2D eigenvalue weighted by Crippen LogP contribution is -1.87. The summed E-state index contributed by atoms with van der Waals surface area (Å²) in [5, 5.41) is 20.9. The third-order valence-corrected chi connectivity index (χ3v) is 3.44. The van der Waals surface area contributed by atoms with Gasteiger partial charge in [0.05, 0.1) is 21.8 Å². The summed E-state index contributed by atoms with van der Waals surface area (Å²) in [6.45, 7) is 0. The van der Waals surface area contributed by atoms with Crippen molar-refractivity contribution < 1.29 is 14.4 Å². The smallest absolute Gasteiger partial charge is 0.312 e. The number of aliphatic imine (C=N–C) groups is 1. The van der Waals surface area contributed by atoms with E-state index in [1.807, 2.05) is 18.2 Å². The number of nitro benzene ring substituents is 1. The number of rotatable bonds is 4. The summed E-state index contributed by atoms with van der Waals surface area (Å²) in [6.07, 6.45) is 1.23. The average molecular weight is 344 g/mol. The number of oxazole rings is 1. The van der Waals surface area contributed by atoms with Crippen molar-refractivity contribution >= 4 is 29.2 Å². The van der Waals surface area contributed by atoms with Gasteiger partial charge >= 0.3 is 5.95 Å². The Bertz CT molecular complexity index is 922. The number of benzene rings is 2. The molecule has 7 nitrogen and oxygen atoms in total. The van der Waals surface area contributed by atoms with E-state index < -0.39 is 10.9 Å². The highest BCUT2D eigenvalue weighted by Gasteiger charge is 2.13. The van der Waals surface area contributed by atoms with E-state index in [1.165, 1.54) is 24.4 Å². The lowest BCUT2D eigenvalue weighted by Gasteiger charge is -1.97. The number of non-ortho nitro benzene ring substituents is 1. The van der Waals surface area contributed by atoms with Crippen LogP contribution in [-0.2, 0) is 0 Å².